The molecule has 2 heterocycles. The van der Waals surface area contributed by atoms with E-state index in [1.807, 2.05) is 42.5 Å². The fourth-order valence-corrected chi connectivity index (χ4v) is 4.94. The van der Waals surface area contributed by atoms with Gasteiger partial charge in [-0.3, -0.25) is 9.59 Å². The molecule has 1 atom stereocenters. The monoisotopic (exact) mass is 488 g/mol. The van der Waals surface area contributed by atoms with Crippen LogP contribution in [0.5, 0.6) is 11.5 Å². The minimum absolute atomic E-state index is 0.126. The lowest BCUT2D eigenvalue weighted by atomic mass is 9.97. The highest BCUT2D eigenvalue weighted by Gasteiger charge is 2.35. The van der Waals surface area contributed by atoms with Gasteiger partial charge < -0.3 is 24.1 Å². The molecule has 2 amide bonds. The van der Waals surface area contributed by atoms with Crippen molar-refractivity contribution in [3.8, 4) is 11.5 Å². The molecule has 188 valence electrons. The number of nitrogens with zero attached hydrogens (tertiary/aromatic N) is 1. The van der Waals surface area contributed by atoms with E-state index in [-0.39, 0.29) is 37.0 Å². The molecule has 1 aliphatic heterocycles. The topological polar surface area (TPSA) is 81.0 Å². The Bertz CT molecular complexity index is 1200. The zero-order chi connectivity index (χ0) is 25.1. The maximum Gasteiger partial charge on any atom is 0.290 e. The van der Waals surface area contributed by atoms with Gasteiger partial charge in [0.1, 0.15) is 6.04 Å². The number of amides is 2. The Hall–Kier alpha value is -3.74. The second-order valence-corrected chi connectivity index (χ2v) is 9.81. The second kappa shape index (κ2) is 10.5. The van der Waals surface area contributed by atoms with Crippen LogP contribution in [0.25, 0.3) is 0 Å². The van der Waals surface area contributed by atoms with Crippen LogP contribution >= 0.6 is 0 Å². The van der Waals surface area contributed by atoms with E-state index >= 15 is 0 Å². The van der Waals surface area contributed by atoms with E-state index in [1.165, 1.54) is 11.8 Å². The third-order valence-electron chi connectivity index (χ3n) is 6.96. The fraction of sp³-hybridized carbons (Fsp3) is 0.379. The van der Waals surface area contributed by atoms with Gasteiger partial charge in [0, 0.05) is 12.6 Å². The van der Waals surface area contributed by atoms with Gasteiger partial charge in [-0.25, -0.2) is 0 Å². The summed E-state index contributed by atoms with van der Waals surface area (Å²) in [5.74, 6) is 1.32. The summed E-state index contributed by atoms with van der Waals surface area (Å²) < 4.78 is 16.5. The highest BCUT2D eigenvalue weighted by molar-refractivity contribution is 5.96. The third-order valence-corrected chi connectivity index (χ3v) is 6.96. The largest absolute Gasteiger partial charge is 0.459 e. The first-order valence-electron chi connectivity index (χ1n) is 12.6. The molecule has 2 aromatic carbocycles. The van der Waals surface area contributed by atoms with Crippen molar-refractivity contribution in [2.24, 2.45) is 0 Å². The average Bonchev–Trinajstić information content (AvgIpc) is 3.66. The van der Waals surface area contributed by atoms with Crippen molar-refractivity contribution >= 4 is 11.8 Å². The first-order valence-corrected chi connectivity index (χ1v) is 12.6. The van der Waals surface area contributed by atoms with Crippen LogP contribution in [0.4, 0.5) is 0 Å². The highest BCUT2D eigenvalue weighted by Crippen LogP contribution is 2.34. The summed E-state index contributed by atoms with van der Waals surface area (Å²) in [5, 5.41) is 3.21. The van der Waals surface area contributed by atoms with Crippen LogP contribution in [0.1, 0.15) is 78.7 Å². The summed E-state index contributed by atoms with van der Waals surface area (Å²) in [6.07, 6.45) is 5.59. The molecular formula is C29H32N2O5. The molecule has 1 saturated carbocycles. The van der Waals surface area contributed by atoms with Crippen LogP contribution < -0.4 is 14.8 Å². The molecule has 1 aromatic heterocycles. The molecule has 7 nitrogen and oxygen atoms in total. The third kappa shape index (κ3) is 5.10. The van der Waals surface area contributed by atoms with Gasteiger partial charge in [-0.05, 0) is 59.7 Å². The number of nitrogens with one attached hydrogen (secondary N) is 1. The van der Waals surface area contributed by atoms with Crippen LogP contribution in [-0.4, -0.2) is 29.5 Å². The normalized spacial score (nSPS) is 15.8. The summed E-state index contributed by atoms with van der Waals surface area (Å²) in [4.78, 5) is 29.2. The Labute approximate surface area is 211 Å². The standard InChI is InChI=1S/C29H32N2O5/c1-19(2)21-10-12-22(13-11-21)27(28(32)30-23-6-3-4-7-23)31(29(33)25-8-5-15-34-25)17-20-9-14-24-26(16-20)36-18-35-24/h5,8-16,19,23,27H,3-4,6-7,17-18H2,1-2H3,(H,30,32)/t27-/m1/s1. The number of carbonyl (C=O) groups is 2. The van der Waals surface area contributed by atoms with E-state index < -0.39 is 6.04 Å². The summed E-state index contributed by atoms with van der Waals surface area (Å²) in [5.41, 5.74) is 2.76. The van der Waals surface area contributed by atoms with E-state index in [0.717, 1.165) is 36.8 Å². The SMILES string of the molecule is CC(C)c1ccc([C@H](C(=O)NC2CCCC2)N(Cc2ccc3c(c2)OCO3)C(=O)c2ccco2)cc1. The molecule has 1 fully saturated rings. The Balaban J connectivity index is 1.53. The highest BCUT2D eigenvalue weighted by atomic mass is 16.7. The zero-order valence-corrected chi connectivity index (χ0v) is 20.7. The smallest absolute Gasteiger partial charge is 0.290 e. The van der Waals surface area contributed by atoms with Crippen molar-refractivity contribution in [1.29, 1.82) is 0 Å². The van der Waals surface area contributed by atoms with Gasteiger partial charge >= 0.3 is 0 Å². The predicted octanol–water partition coefficient (Wildman–Crippen LogP) is 5.57. The van der Waals surface area contributed by atoms with Gasteiger partial charge in [0.2, 0.25) is 12.7 Å². The van der Waals surface area contributed by atoms with E-state index in [4.69, 9.17) is 13.9 Å². The van der Waals surface area contributed by atoms with Crippen LogP contribution in [0.2, 0.25) is 0 Å². The lowest BCUT2D eigenvalue weighted by Crippen LogP contribution is -2.45. The molecular weight excluding hydrogens is 456 g/mol. The van der Waals surface area contributed by atoms with Crippen molar-refractivity contribution in [3.63, 3.8) is 0 Å². The summed E-state index contributed by atoms with van der Waals surface area (Å²) in [6, 6.07) is 16.2. The van der Waals surface area contributed by atoms with Crippen molar-refractivity contribution in [2.45, 2.75) is 64.1 Å². The van der Waals surface area contributed by atoms with Gasteiger partial charge in [-0.2, -0.15) is 0 Å². The Morgan fingerprint density at radius 2 is 1.69 bits per heavy atom. The number of benzene rings is 2. The number of carbonyl (C=O) groups excluding carboxylic acids is 2. The molecule has 1 N–H and O–H groups in total. The number of fused-ring (bicyclic) bond motifs is 1. The van der Waals surface area contributed by atoms with Crippen molar-refractivity contribution in [2.75, 3.05) is 6.79 Å². The van der Waals surface area contributed by atoms with E-state index in [9.17, 15) is 9.59 Å². The molecule has 0 radical (unpaired) electrons. The van der Waals surface area contributed by atoms with Crippen molar-refractivity contribution < 1.29 is 23.5 Å². The summed E-state index contributed by atoms with van der Waals surface area (Å²) in [6.45, 7) is 4.63. The zero-order valence-electron chi connectivity index (χ0n) is 20.7. The fourth-order valence-electron chi connectivity index (χ4n) is 4.94. The van der Waals surface area contributed by atoms with E-state index in [1.54, 1.807) is 17.0 Å². The quantitative estimate of drug-likeness (QED) is 0.448. The maximum absolute atomic E-state index is 13.8. The number of furan rings is 1. The number of ether oxygens (including phenoxy) is 2. The number of hydrogen-bond acceptors (Lipinski definition) is 5. The molecule has 1 aliphatic carbocycles. The minimum atomic E-state index is -0.824. The van der Waals surface area contributed by atoms with Gasteiger partial charge in [0.15, 0.2) is 17.3 Å². The molecule has 2 aliphatic rings. The maximum atomic E-state index is 13.8. The van der Waals surface area contributed by atoms with E-state index in [0.29, 0.717) is 17.4 Å². The van der Waals surface area contributed by atoms with Gasteiger partial charge in [0.05, 0.1) is 6.26 Å². The Morgan fingerprint density at radius 1 is 0.972 bits per heavy atom. The lowest BCUT2D eigenvalue weighted by Gasteiger charge is -2.32. The number of hydrogen-bond donors (Lipinski definition) is 1. The first kappa shape index (κ1) is 24.0. The van der Waals surface area contributed by atoms with Gasteiger partial charge in [-0.15, -0.1) is 0 Å². The molecule has 0 spiro atoms. The molecule has 0 unspecified atom stereocenters. The molecule has 5 rings (SSSR count). The van der Waals surface area contributed by atoms with Crippen molar-refractivity contribution in [1.82, 2.24) is 10.2 Å². The molecule has 36 heavy (non-hydrogen) atoms. The average molecular weight is 489 g/mol. The lowest BCUT2D eigenvalue weighted by molar-refractivity contribution is -0.126. The first-order chi connectivity index (χ1) is 17.5. The second-order valence-electron chi connectivity index (χ2n) is 9.81. The van der Waals surface area contributed by atoms with Crippen LogP contribution in [0.3, 0.4) is 0 Å². The molecule has 7 heteroatoms. The Kier molecular flexibility index (Phi) is 6.98. The van der Waals surface area contributed by atoms with Crippen LogP contribution in [0, 0.1) is 0 Å². The summed E-state index contributed by atoms with van der Waals surface area (Å²) >= 11 is 0. The summed E-state index contributed by atoms with van der Waals surface area (Å²) in [7, 11) is 0. The number of rotatable bonds is 8. The van der Waals surface area contributed by atoms with Crippen LogP contribution in [0.15, 0.2) is 65.3 Å². The Morgan fingerprint density at radius 3 is 2.39 bits per heavy atom. The van der Waals surface area contributed by atoms with Crippen molar-refractivity contribution in [3.05, 3.63) is 83.3 Å². The molecule has 0 saturated heterocycles. The van der Waals surface area contributed by atoms with Gasteiger partial charge in [-0.1, -0.05) is 57.0 Å². The minimum Gasteiger partial charge on any atom is -0.459 e. The van der Waals surface area contributed by atoms with Gasteiger partial charge in [0.25, 0.3) is 5.91 Å². The van der Waals surface area contributed by atoms with E-state index in [2.05, 4.69) is 19.2 Å². The molecule has 0 bridgehead atoms. The van der Waals surface area contributed by atoms with Crippen LogP contribution in [-0.2, 0) is 11.3 Å². The predicted molar refractivity (Wildman–Crippen MR) is 135 cm³/mol. The molecule has 3 aromatic rings.